The Balaban J connectivity index is 2.04. The maximum Gasteiger partial charge on any atom is 0.0766 e. The van der Waals surface area contributed by atoms with Crippen molar-refractivity contribution in [2.75, 3.05) is 32.7 Å². The van der Waals surface area contributed by atoms with E-state index in [0.29, 0.717) is 0 Å². The third-order valence-corrected chi connectivity index (χ3v) is 3.57. The van der Waals surface area contributed by atoms with Gasteiger partial charge in [-0.15, -0.1) is 0 Å². The second-order valence-electron chi connectivity index (χ2n) is 4.66. The molecule has 1 rings (SSSR count). The molecule has 3 nitrogen and oxygen atoms in total. The van der Waals surface area contributed by atoms with Gasteiger partial charge in [-0.25, -0.2) is 0 Å². The molecule has 0 atom stereocenters. The standard InChI is InChI=1S/C12H26N2O/c1-3-12(15,4-2)11-13-7-10-14-8-5-6-9-14/h13,15H,3-11H2,1-2H3. The van der Waals surface area contributed by atoms with E-state index in [9.17, 15) is 5.11 Å². The van der Waals surface area contributed by atoms with Crippen LogP contribution < -0.4 is 5.32 Å². The molecule has 1 fully saturated rings. The molecular weight excluding hydrogens is 188 g/mol. The van der Waals surface area contributed by atoms with E-state index in [2.05, 4.69) is 10.2 Å². The normalized spacial score (nSPS) is 18.6. The zero-order chi connectivity index (χ0) is 11.1. The van der Waals surface area contributed by atoms with Crippen molar-refractivity contribution in [1.82, 2.24) is 10.2 Å². The summed E-state index contributed by atoms with van der Waals surface area (Å²) in [4.78, 5) is 2.49. The van der Waals surface area contributed by atoms with Crippen molar-refractivity contribution in [3.05, 3.63) is 0 Å². The molecule has 0 spiro atoms. The van der Waals surface area contributed by atoms with Crippen LogP contribution in [-0.2, 0) is 0 Å². The molecule has 1 aliphatic heterocycles. The predicted molar refractivity (Wildman–Crippen MR) is 64.1 cm³/mol. The fraction of sp³-hybridized carbons (Fsp3) is 1.00. The highest BCUT2D eigenvalue weighted by atomic mass is 16.3. The number of nitrogens with zero attached hydrogens (tertiary/aromatic N) is 1. The molecule has 1 heterocycles. The van der Waals surface area contributed by atoms with Crippen LogP contribution in [0.25, 0.3) is 0 Å². The van der Waals surface area contributed by atoms with Gasteiger partial charge in [-0.3, -0.25) is 0 Å². The third kappa shape index (κ3) is 4.49. The van der Waals surface area contributed by atoms with Crippen molar-refractivity contribution in [2.24, 2.45) is 0 Å². The molecule has 1 aliphatic rings. The van der Waals surface area contributed by atoms with Crippen LogP contribution >= 0.6 is 0 Å². The highest BCUT2D eigenvalue weighted by molar-refractivity contribution is 4.78. The Hall–Kier alpha value is -0.120. The summed E-state index contributed by atoms with van der Waals surface area (Å²) < 4.78 is 0. The number of rotatable bonds is 7. The van der Waals surface area contributed by atoms with Gasteiger partial charge >= 0.3 is 0 Å². The molecule has 0 aromatic rings. The first-order chi connectivity index (χ1) is 7.20. The minimum absolute atomic E-state index is 0.495. The third-order valence-electron chi connectivity index (χ3n) is 3.57. The highest BCUT2D eigenvalue weighted by Crippen LogP contribution is 2.12. The van der Waals surface area contributed by atoms with Crippen molar-refractivity contribution in [1.29, 1.82) is 0 Å². The van der Waals surface area contributed by atoms with Crippen LogP contribution in [0.1, 0.15) is 39.5 Å². The number of hydrogen-bond donors (Lipinski definition) is 2. The lowest BCUT2D eigenvalue weighted by atomic mass is 9.98. The summed E-state index contributed by atoms with van der Waals surface area (Å²) >= 11 is 0. The van der Waals surface area contributed by atoms with Crippen LogP contribution in [0.5, 0.6) is 0 Å². The Morgan fingerprint density at radius 1 is 1.20 bits per heavy atom. The first kappa shape index (κ1) is 12.9. The summed E-state index contributed by atoms with van der Waals surface area (Å²) in [7, 11) is 0. The first-order valence-electron chi connectivity index (χ1n) is 6.35. The van der Waals surface area contributed by atoms with E-state index in [-0.39, 0.29) is 0 Å². The summed E-state index contributed by atoms with van der Waals surface area (Å²) in [5, 5.41) is 13.4. The quantitative estimate of drug-likeness (QED) is 0.626. The van der Waals surface area contributed by atoms with Gasteiger partial charge in [-0.2, -0.15) is 0 Å². The van der Waals surface area contributed by atoms with E-state index in [1.54, 1.807) is 0 Å². The molecule has 0 bridgehead atoms. The average Bonchev–Trinajstić information content (AvgIpc) is 2.77. The molecule has 0 aliphatic carbocycles. The van der Waals surface area contributed by atoms with Gasteiger partial charge in [-0.1, -0.05) is 13.8 Å². The fourth-order valence-corrected chi connectivity index (χ4v) is 2.06. The highest BCUT2D eigenvalue weighted by Gasteiger charge is 2.21. The van der Waals surface area contributed by atoms with Crippen LogP contribution in [0.2, 0.25) is 0 Å². The molecule has 0 aromatic heterocycles. The molecule has 0 radical (unpaired) electrons. The van der Waals surface area contributed by atoms with Gasteiger partial charge in [0.1, 0.15) is 0 Å². The number of hydrogen-bond acceptors (Lipinski definition) is 3. The van der Waals surface area contributed by atoms with Crippen molar-refractivity contribution >= 4 is 0 Å². The zero-order valence-corrected chi connectivity index (χ0v) is 10.3. The maximum atomic E-state index is 10.0. The van der Waals surface area contributed by atoms with Gasteiger partial charge in [0, 0.05) is 19.6 Å². The smallest absolute Gasteiger partial charge is 0.0766 e. The van der Waals surface area contributed by atoms with Gasteiger partial charge in [-0.05, 0) is 38.8 Å². The Morgan fingerprint density at radius 3 is 2.33 bits per heavy atom. The molecule has 1 saturated heterocycles. The number of nitrogens with one attached hydrogen (secondary N) is 1. The Morgan fingerprint density at radius 2 is 1.80 bits per heavy atom. The monoisotopic (exact) mass is 214 g/mol. The van der Waals surface area contributed by atoms with Crippen LogP contribution in [-0.4, -0.2) is 48.3 Å². The van der Waals surface area contributed by atoms with Gasteiger partial charge in [0.2, 0.25) is 0 Å². The zero-order valence-electron chi connectivity index (χ0n) is 10.3. The van der Waals surface area contributed by atoms with Crippen LogP contribution in [0.3, 0.4) is 0 Å². The van der Waals surface area contributed by atoms with Gasteiger partial charge in [0.05, 0.1) is 5.60 Å². The lowest BCUT2D eigenvalue weighted by Gasteiger charge is -2.26. The Labute approximate surface area is 93.9 Å². The minimum atomic E-state index is -0.495. The van der Waals surface area contributed by atoms with Crippen molar-refractivity contribution in [2.45, 2.75) is 45.1 Å². The molecule has 0 amide bonds. The van der Waals surface area contributed by atoms with Crippen molar-refractivity contribution < 1.29 is 5.11 Å². The molecule has 0 saturated carbocycles. The lowest BCUT2D eigenvalue weighted by molar-refractivity contribution is 0.0323. The van der Waals surface area contributed by atoms with E-state index in [4.69, 9.17) is 0 Å². The van der Waals surface area contributed by atoms with E-state index in [1.807, 2.05) is 13.8 Å². The summed E-state index contributed by atoms with van der Waals surface area (Å²) in [5.74, 6) is 0. The Kier molecular flexibility index (Phi) is 5.58. The molecule has 3 heteroatoms. The predicted octanol–water partition coefficient (Wildman–Crippen LogP) is 1.22. The molecule has 90 valence electrons. The van der Waals surface area contributed by atoms with Crippen molar-refractivity contribution in [3.63, 3.8) is 0 Å². The summed E-state index contributed by atoms with van der Waals surface area (Å²) in [6.45, 7) is 9.47. The number of likely N-dealkylation sites (tertiary alicyclic amines) is 1. The maximum absolute atomic E-state index is 10.0. The van der Waals surface area contributed by atoms with Gasteiger partial charge < -0.3 is 15.3 Å². The second-order valence-corrected chi connectivity index (χ2v) is 4.66. The largest absolute Gasteiger partial charge is 0.389 e. The van der Waals surface area contributed by atoms with Crippen molar-refractivity contribution in [3.8, 4) is 0 Å². The average molecular weight is 214 g/mol. The topological polar surface area (TPSA) is 35.5 Å². The summed E-state index contributed by atoms with van der Waals surface area (Å²) in [6.07, 6.45) is 4.38. The molecular formula is C12H26N2O. The minimum Gasteiger partial charge on any atom is -0.389 e. The van der Waals surface area contributed by atoms with E-state index in [1.165, 1.54) is 25.9 Å². The molecule has 2 N–H and O–H groups in total. The first-order valence-corrected chi connectivity index (χ1v) is 6.35. The Bertz CT molecular complexity index is 163. The number of aliphatic hydroxyl groups is 1. The molecule has 15 heavy (non-hydrogen) atoms. The van der Waals surface area contributed by atoms with Gasteiger partial charge in [0.15, 0.2) is 0 Å². The second kappa shape index (κ2) is 6.46. The lowest BCUT2D eigenvalue weighted by Crippen LogP contribution is -2.42. The summed E-state index contributed by atoms with van der Waals surface area (Å²) in [5.41, 5.74) is -0.495. The fourth-order valence-electron chi connectivity index (χ4n) is 2.06. The van der Waals surface area contributed by atoms with Crippen LogP contribution in [0.15, 0.2) is 0 Å². The van der Waals surface area contributed by atoms with Crippen LogP contribution in [0, 0.1) is 0 Å². The SMILES string of the molecule is CCC(O)(CC)CNCCN1CCCC1. The van der Waals surface area contributed by atoms with E-state index >= 15 is 0 Å². The van der Waals surface area contributed by atoms with Crippen LogP contribution in [0.4, 0.5) is 0 Å². The molecule has 0 unspecified atom stereocenters. The van der Waals surface area contributed by atoms with E-state index in [0.717, 1.165) is 32.5 Å². The van der Waals surface area contributed by atoms with Gasteiger partial charge in [0.25, 0.3) is 0 Å². The van der Waals surface area contributed by atoms with E-state index < -0.39 is 5.60 Å². The molecule has 0 aromatic carbocycles. The summed E-state index contributed by atoms with van der Waals surface area (Å²) in [6, 6.07) is 0.